The smallest absolute Gasteiger partial charge is 0.266 e. The van der Waals surface area contributed by atoms with E-state index in [-0.39, 0.29) is 22.9 Å². The van der Waals surface area contributed by atoms with Crippen LogP contribution in [0.3, 0.4) is 0 Å². The maximum Gasteiger partial charge on any atom is 0.266 e. The second kappa shape index (κ2) is 10.7. The fourth-order valence-electron chi connectivity index (χ4n) is 4.95. The van der Waals surface area contributed by atoms with Gasteiger partial charge in [-0.25, -0.2) is 17.8 Å². The molecule has 0 amide bonds. The van der Waals surface area contributed by atoms with Gasteiger partial charge >= 0.3 is 0 Å². The van der Waals surface area contributed by atoms with Gasteiger partial charge in [0.15, 0.2) is 0 Å². The molecule has 1 saturated heterocycles. The molecule has 4 rings (SSSR count). The van der Waals surface area contributed by atoms with Gasteiger partial charge in [-0.1, -0.05) is 30.5 Å². The number of hydrogen-bond acceptors (Lipinski definition) is 6. The zero-order chi connectivity index (χ0) is 24.3. The van der Waals surface area contributed by atoms with Crippen LogP contribution in [-0.4, -0.2) is 56.6 Å². The van der Waals surface area contributed by atoms with E-state index < -0.39 is 26.7 Å². The Kier molecular flexibility index (Phi) is 7.91. The van der Waals surface area contributed by atoms with E-state index in [2.05, 4.69) is 32.3 Å². The molecule has 0 spiro atoms. The SMILES string of the molecule is CN(C1CCNCC1)[C@H]1CCCC[C@@H]1Nc1cc(F)c(S(=O)(=O)Nc2cccc(F)n2)cc1Cl. The number of pyridine rings is 1. The van der Waals surface area contributed by atoms with Crippen LogP contribution >= 0.6 is 11.6 Å². The minimum Gasteiger partial charge on any atom is -0.379 e. The van der Waals surface area contributed by atoms with Crippen molar-refractivity contribution in [3.8, 4) is 0 Å². The van der Waals surface area contributed by atoms with Gasteiger partial charge in [0, 0.05) is 18.1 Å². The Morgan fingerprint density at radius 2 is 1.85 bits per heavy atom. The second-order valence-corrected chi connectivity index (χ2v) is 11.0. The van der Waals surface area contributed by atoms with Crippen LogP contribution in [0.5, 0.6) is 0 Å². The third-order valence-corrected chi connectivity index (χ3v) is 8.43. The van der Waals surface area contributed by atoms with Gasteiger partial charge in [-0.2, -0.15) is 4.39 Å². The first-order valence-corrected chi connectivity index (χ1v) is 13.4. The highest BCUT2D eigenvalue weighted by Gasteiger charge is 2.33. The van der Waals surface area contributed by atoms with Gasteiger partial charge in [-0.05, 0) is 70.1 Å². The highest BCUT2D eigenvalue weighted by molar-refractivity contribution is 7.92. The number of halogens is 3. The molecule has 2 fully saturated rings. The Morgan fingerprint density at radius 1 is 1.12 bits per heavy atom. The molecule has 0 unspecified atom stereocenters. The summed E-state index contributed by atoms with van der Waals surface area (Å²) >= 11 is 6.41. The molecule has 1 aliphatic carbocycles. The Morgan fingerprint density at radius 3 is 2.59 bits per heavy atom. The van der Waals surface area contributed by atoms with Crippen LogP contribution in [0.4, 0.5) is 20.3 Å². The molecule has 0 radical (unpaired) electrons. The lowest BCUT2D eigenvalue weighted by Gasteiger charge is -2.43. The monoisotopic (exact) mass is 513 g/mol. The molecular weight excluding hydrogens is 484 g/mol. The average molecular weight is 514 g/mol. The van der Waals surface area contributed by atoms with Gasteiger partial charge < -0.3 is 10.6 Å². The quantitative estimate of drug-likeness (QED) is 0.481. The predicted molar refractivity (Wildman–Crippen MR) is 130 cm³/mol. The molecule has 3 N–H and O–H groups in total. The molecule has 2 aliphatic rings. The van der Waals surface area contributed by atoms with Crippen molar-refractivity contribution in [2.75, 3.05) is 30.2 Å². The van der Waals surface area contributed by atoms with Crippen LogP contribution in [0.2, 0.25) is 5.02 Å². The molecule has 1 aromatic carbocycles. The summed E-state index contributed by atoms with van der Waals surface area (Å²) in [6, 6.07) is 6.70. The Bertz CT molecular complexity index is 1110. The topological polar surface area (TPSA) is 86.4 Å². The van der Waals surface area contributed by atoms with E-state index in [9.17, 15) is 17.2 Å². The lowest BCUT2D eigenvalue weighted by molar-refractivity contribution is 0.106. The third kappa shape index (κ3) is 5.79. The molecule has 34 heavy (non-hydrogen) atoms. The molecule has 2 aromatic rings. The van der Waals surface area contributed by atoms with E-state index >= 15 is 0 Å². The highest BCUT2D eigenvalue weighted by atomic mass is 35.5. The van der Waals surface area contributed by atoms with Crippen LogP contribution in [0.15, 0.2) is 35.2 Å². The average Bonchev–Trinajstić information content (AvgIpc) is 2.81. The summed E-state index contributed by atoms with van der Waals surface area (Å²) in [5.41, 5.74) is 0.359. The van der Waals surface area contributed by atoms with E-state index in [1.165, 1.54) is 12.1 Å². The van der Waals surface area contributed by atoms with Gasteiger partial charge in [0.1, 0.15) is 16.5 Å². The van der Waals surface area contributed by atoms with Crippen molar-refractivity contribution >= 4 is 33.1 Å². The van der Waals surface area contributed by atoms with Gasteiger partial charge in [-0.3, -0.25) is 9.62 Å². The zero-order valence-corrected chi connectivity index (χ0v) is 20.6. The summed E-state index contributed by atoms with van der Waals surface area (Å²) in [6.45, 7) is 2.01. The second-order valence-electron chi connectivity index (χ2n) is 8.96. The maximum atomic E-state index is 15.0. The summed E-state index contributed by atoms with van der Waals surface area (Å²) in [5, 5.41) is 6.88. The van der Waals surface area contributed by atoms with Crippen LogP contribution in [0, 0.1) is 11.8 Å². The molecule has 1 saturated carbocycles. The van der Waals surface area contributed by atoms with Crippen LogP contribution < -0.4 is 15.4 Å². The van der Waals surface area contributed by atoms with Gasteiger partial charge in [-0.15, -0.1) is 0 Å². The zero-order valence-electron chi connectivity index (χ0n) is 19.0. The minimum absolute atomic E-state index is 0.0719. The van der Waals surface area contributed by atoms with Crippen molar-refractivity contribution in [3.63, 3.8) is 0 Å². The number of anilines is 2. The standard InChI is InChI=1S/C23H30ClF2N5O2S/c1-31(15-9-11-27-12-10-15)20-6-3-2-5-18(20)28-19-14-17(25)21(13-16(19)24)34(32,33)30-23-8-4-7-22(26)29-23/h4,7-8,13-15,18,20,27-28H,2-3,5-6,9-12H2,1H3,(H,29,30)/t18-,20-/m0/s1. The van der Waals surface area contributed by atoms with E-state index in [4.69, 9.17) is 11.6 Å². The fourth-order valence-corrected chi connectivity index (χ4v) is 6.33. The molecule has 1 aromatic heterocycles. The molecule has 1 aliphatic heterocycles. The summed E-state index contributed by atoms with van der Waals surface area (Å²) < 4.78 is 55.8. The van der Waals surface area contributed by atoms with Crippen molar-refractivity contribution in [1.82, 2.24) is 15.2 Å². The van der Waals surface area contributed by atoms with Crippen LogP contribution in [0.25, 0.3) is 0 Å². The molecule has 7 nitrogen and oxygen atoms in total. The summed E-state index contributed by atoms with van der Waals surface area (Å²) in [6.07, 6.45) is 6.34. The fraction of sp³-hybridized carbons (Fsp3) is 0.522. The molecule has 0 bridgehead atoms. The lowest BCUT2D eigenvalue weighted by Crippen LogP contribution is -2.53. The Labute approximate surface area is 204 Å². The van der Waals surface area contributed by atoms with Gasteiger partial charge in [0.25, 0.3) is 10.0 Å². The normalized spacial score (nSPS) is 22.0. The number of piperidine rings is 1. The summed E-state index contributed by atoms with van der Waals surface area (Å²) in [4.78, 5) is 5.28. The minimum atomic E-state index is -4.35. The van der Waals surface area contributed by atoms with E-state index in [0.717, 1.165) is 69.8 Å². The van der Waals surface area contributed by atoms with Crippen molar-refractivity contribution in [3.05, 3.63) is 47.1 Å². The molecular formula is C23H30ClF2N5O2S. The number of likely N-dealkylation sites (N-methyl/N-ethyl adjacent to an activating group) is 1. The summed E-state index contributed by atoms with van der Waals surface area (Å²) in [5.74, 6) is -2.05. The molecule has 2 atom stereocenters. The van der Waals surface area contributed by atoms with E-state index in [1.54, 1.807) is 0 Å². The van der Waals surface area contributed by atoms with Crippen molar-refractivity contribution in [1.29, 1.82) is 0 Å². The number of nitrogens with one attached hydrogen (secondary N) is 3. The van der Waals surface area contributed by atoms with Crippen molar-refractivity contribution in [2.45, 2.75) is 61.5 Å². The first-order valence-electron chi connectivity index (χ1n) is 11.6. The Hall–Kier alpha value is -2.01. The first-order chi connectivity index (χ1) is 16.2. The van der Waals surface area contributed by atoms with Crippen molar-refractivity contribution < 1.29 is 17.2 Å². The molecule has 11 heteroatoms. The van der Waals surface area contributed by atoms with Crippen LogP contribution in [-0.2, 0) is 10.0 Å². The largest absolute Gasteiger partial charge is 0.379 e. The van der Waals surface area contributed by atoms with E-state index in [1.807, 2.05) is 0 Å². The number of sulfonamides is 1. The maximum absolute atomic E-state index is 15.0. The summed E-state index contributed by atoms with van der Waals surface area (Å²) in [7, 11) is -2.19. The first kappa shape index (κ1) is 25.1. The third-order valence-electron chi connectivity index (χ3n) is 6.74. The van der Waals surface area contributed by atoms with Gasteiger partial charge in [0.05, 0.1) is 10.7 Å². The number of hydrogen-bond donors (Lipinski definition) is 3. The Balaban J connectivity index is 1.52. The molecule has 2 heterocycles. The van der Waals surface area contributed by atoms with E-state index in [0.29, 0.717) is 11.7 Å². The number of benzene rings is 1. The number of rotatable bonds is 7. The predicted octanol–water partition coefficient (Wildman–Crippen LogP) is 4.22. The number of aromatic nitrogens is 1. The molecule has 186 valence electrons. The van der Waals surface area contributed by atoms with Crippen LogP contribution in [0.1, 0.15) is 38.5 Å². The van der Waals surface area contributed by atoms with Crippen molar-refractivity contribution in [2.24, 2.45) is 0 Å². The highest BCUT2D eigenvalue weighted by Crippen LogP contribution is 2.33. The van der Waals surface area contributed by atoms with Gasteiger partial charge in [0.2, 0.25) is 5.95 Å². The number of nitrogens with zero attached hydrogens (tertiary/aromatic N) is 2. The lowest BCUT2D eigenvalue weighted by atomic mass is 9.87.